The number of carbonyl (C=O) groups is 1. The third kappa shape index (κ3) is 4.86. The van der Waals surface area contributed by atoms with E-state index in [1.807, 2.05) is 0 Å². The van der Waals surface area contributed by atoms with E-state index in [-0.39, 0.29) is 31.2 Å². The van der Waals surface area contributed by atoms with Crippen LogP contribution < -0.4 is 10.5 Å². The smallest absolute Gasteiger partial charge is 0.436 e. The van der Waals surface area contributed by atoms with Crippen LogP contribution in [0.25, 0.3) is 11.4 Å². The molecule has 2 heterocycles. The topological polar surface area (TPSA) is 109 Å². The van der Waals surface area contributed by atoms with E-state index in [4.69, 9.17) is 26.6 Å². The SMILES string of the molecule is Cc1c(Cl)c(C(F)(F)F)nn1CCc1nc(-c2ccc(OCC(N)=O)cc2)no1. The average Bonchev–Trinajstić information content (AvgIpc) is 3.24. The van der Waals surface area contributed by atoms with E-state index in [2.05, 4.69) is 15.2 Å². The second-order valence-electron chi connectivity index (χ2n) is 6.01. The maximum absolute atomic E-state index is 12.9. The van der Waals surface area contributed by atoms with Crippen LogP contribution in [0, 0.1) is 6.92 Å². The lowest BCUT2D eigenvalue weighted by atomic mass is 10.2. The normalized spacial score (nSPS) is 11.6. The lowest BCUT2D eigenvalue weighted by Gasteiger charge is -2.03. The summed E-state index contributed by atoms with van der Waals surface area (Å²) in [6.45, 7) is 1.30. The Morgan fingerprint density at radius 3 is 2.59 bits per heavy atom. The number of rotatable bonds is 7. The highest BCUT2D eigenvalue weighted by Crippen LogP contribution is 2.35. The largest absolute Gasteiger partial charge is 0.484 e. The molecule has 0 saturated heterocycles. The van der Waals surface area contributed by atoms with Crippen LogP contribution in [0.4, 0.5) is 13.2 Å². The van der Waals surface area contributed by atoms with Crippen molar-refractivity contribution in [1.29, 1.82) is 0 Å². The number of benzene rings is 1. The number of halogens is 4. The van der Waals surface area contributed by atoms with Gasteiger partial charge in [-0.1, -0.05) is 16.8 Å². The van der Waals surface area contributed by atoms with Gasteiger partial charge in [-0.3, -0.25) is 9.48 Å². The van der Waals surface area contributed by atoms with Gasteiger partial charge in [-0.25, -0.2) is 0 Å². The van der Waals surface area contributed by atoms with Gasteiger partial charge in [-0.15, -0.1) is 0 Å². The monoisotopic (exact) mass is 429 g/mol. The second kappa shape index (κ2) is 8.11. The summed E-state index contributed by atoms with van der Waals surface area (Å²) >= 11 is 5.73. The van der Waals surface area contributed by atoms with Crippen LogP contribution in [0.3, 0.4) is 0 Å². The van der Waals surface area contributed by atoms with E-state index in [0.29, 0.717) is 17.1 Å². The van der Waals surface area contributed by atoms with Gasteiger partial charge in [0.2, 0.25) is 11.7 Å². The zero-order chi connectivity index (χ0) is 21.2. The van der Waals surface area contributed by atoms with Gasteiger partial charge in [0.15, 0.2) is 12.3 Å². The number of hydrogen-bond acceptors (Lipinski definition) is 6. The van der Waals surface area contributed by atoms with Crippen molar-refractivity contribution in [2.75, 3.05) is 6.61 Å². The summed E-state index contributed by atoms with van der Waals surface area (Å²) in [5.41, 5.74) is 4.71. The zero-order valence-electron chi connectivity index (χ0n) is 15.0. The number of nitrogens with two attached hydrogens (primary N) is 1. The van der Waals surface area contributed by atoms with Gasteiger partial charge in [0.1, 0.15) is 5.75 Å². The minimum Gasteiger partial charge on any atom is -0.484 e. The van der Waals surface area contributed by atoms with Crippen molar-refractivity contribution < 1.29 is 27.2 Å². The van der Waals surface area contributed by atoms with Crippen molar-refractivity contribution in [2.45, 2.75) is 26.1 Å². The fraction of sp³-hybridized carbons (Fsp3) is 0.294. The molecule has 0 radical (unpaired) electrons. The lowest BCUT2D eigenvalue weighted by Crippen LogP contribution is -2.19. The molecule has 8 nitrogen and oxygen atoms in total. The fourth-order valence-corrected chi connectivity index (χ4v) is 2.70. The first-order chi connectivity index (χ1) is 13.6. The van der Waals surface area contributed by atoms with Gasteiger partial charge < -0.3 is 15.0 Å². The van der Waals surface area contributed by atoms with Crippen LogP contribution >= 0.6 is 11.6 Å². The van der Waals surface area contributed by atoms with Crippen molar-refractivity contribution >= 4 is 17.5 Å². The molecule has 3 rings (SSSR count). The third-order valence-electron chi connectivity index (χ3n) is 3.90. The van der Waals surface area contributed by atoms with Crippen molar-refractivity contribution in [3.63, 3.8) is 0 Å². The average molecular weight is 430 g/mol. The molecular weight excluding hydrogens is 415 g/mol. The van der Waals surface area contributed by atoms with E-state index in [1.165, 1.54) is 6.92 Å². The predicted molar refractivity (Wildman–Crippen MR) is 95.1 cm³/mol. The summed E-state index contributed by atoms with van der Waals surface area (Å²) < 4.78 is 50.1. The second-order valence-corrected chi connectivity index (χ2v) is 6.39. The van der Waals surface area contributed by atoms with Gasteiger partial charge in [-0.2, -0.15) is 23.3 Å². The first-order valence-corrected chi connectivity index (χ1v) is 8.67. The van der Waals surface area contributed by atoms with E-state index in [1.54, 1.807) is 24.3 Å². The predicted octanol–water partition coefficient (Wildman–Crippen LogP) is 3.02. The first kappa shape index (κ1) is 20.6. The van der Waals surface area contributed by atoms with Gasteiger partial charge in [0.25, 0.3) is 5.91 Å². The molecule has 0 unspecified atom stereocenters. The fourth-order valence-electron chi connectivity index (χ4n) is 2.45. The molecular formula is C17H15ClF3N5O3. The quantitative estimate of drug-likeness (QED) is 0.618. The minimum absolute atomic E-state index is 0.0865. The molecule has 0 aliphatic carbocycles. The lowest BCUT2D eigenvalue weighted by molar-refractivity contribution is -0.141. The Labute approximate surface area is 167 Å². The number of carbonyl (C=O) groups excluding carboxylic acids is 1. The maximum Gasteiger partial charge on any atom is 0.436 e. The Hall–Kier alpha value is -3.08. The van der Waals surface area contributed by atoms with Crippen LogP contribution in [0.5, 0.6) is 5.75 Å². The van der Waals surface area contributed by atoms with E-state index in [9.17, 15) is 18.0 Å². The van der Waals surface area contributed by atoms with E-state index in [0.717, 1.165) is 4.68 Å². The number of primary amides is 1. The Morgan fingerprint density at radius 2 is 2.00 bits per heavy atom. The highest BCUT2D eigenvalue weighted by Gasteiger charge is 2.38. The third-order valence-corrected chi connectivity index (χ3v) is 4.35. The Balaban J connectivity index is 1.66. The molecule has 3 aromatic rings. The Bertz CT molecular complexity index is 1010. The first-order valence-electron chi connectivity index (χ1n) is 8.29. The molecule has 1 aromatic carbocycles. The summed E-state index contributed by atoms with van der Waals surface area (Å²) in [5, 5.41) is 6.95. The molecule has 0 fully saturated rings. The van der Waals surface area contributed by atoms with E-state index < -0.39 is 22.8 Å². The van der Waals surface area contributed by atoms with E-state index >= 15 is 0 Å². The van der Waals surface area contributed by atoms with Gasteiger partial charge >= 0.3 is 6.18 Å². The number of nitrogens with zero attached hydrogens (tertiary/aromatic N) is 4. The molecule has 0 spiro atoms. The zero-order valence-corrected chi connectivity index (χ0v) is 15.8. The number of hydrogen-bond donors (Lipinski definition) is 1. The molecule has 0 saturated carbocycles. The standard InChI is InChI=1S/C17H15ClF3N5O3/c1-9-14(18)15(17(19,20)21)24-26(9)7-6-13-23-16(25-29-13)10-2-4-11(5-3-10)28-8-12(22)27/h2-5H,6-8H2,1H3,(H2,22,27). The van der Waals surface area contributed by atoms with Crippen LogP contribution in [0.1, 0.15) is 17.3 Å². The summed E-state index contributed by atoms with van der Waals surface area (Å²) in [6.07, 6.45) is -4.46. The highest BCUT2D eigenvalue weighted by molar-refractivity contribution is 6.31. The molecule has 0 aliphatic heterocycles. The van der Waals surface area contributed by atoms with Crippen molar-refractivity contribution in [3.8, 4) is 17.1 Å². The summed E-state index contributed by atoms with van der Waals surface area (Å²) in [4.78, 5) is 14.9. The summed E-state index contributed by atoms with van der Waals surface area (Å²) in [7, 11) is 0. The summed E-state index contributed by atoms with van der Waals surface area (Å²) in [5.74, 6) is 0.386. The van der Waals surface area contributed by atoms with Crippen molar-refractivity contribution in [1.82, 2.24) is 19.9 Å². The minimum atomic E-state index is -4.63. The van der Waals surface area contributed by atoms with Gasteiger partial charge in [0.05, 0.1) is 17.3 Å². The van der Waals surface area contributed by atoms with Gasteiger partial charge in [0, 0.05) is 12.0 Å². The van der Waals surface area contributed by atoms with Crippen LogP contribution in [-0.4, -0.2) is 32.4 Å². The summed E-state index contributed by atoms with van der Waals surface area (Å²) in [6, 6.07) is 6.56. The van der Waals surface area contributed by atoms with Crippen molar-refractivity contribution in [3.05, 3.63) is 46.6 Å². The van der Waals surface area contributed by atoms with Crippen LogP contribution in [0.15, 0.2) is 28.8 Å². The van der Waals surface area contributed by atoms with Crippen LogP contribution in [-0.2, 0) is 23.9 Å². The Morgan fingerprint density at radius 1 is 1.31 bits per heavy atom. The number of aryl methyl sites for hydroxylation is 2. The number of aromatic nitrogens is 4. The number of amides is 1. The van der Waals surface area contributed by atoms with Gasteiger partial charge in [-0.05, 0) is 31.2 Å². The molecule has 0 bridgehead atoms. The molecule has 0 atom stereocenters. The molecule has 2 aromatic heterocycles. The molecule has 12 heteroatoms. The van der Waals surface area contributed by atoms with Crippen molar-refractivity contribution in [2.24, 2.45) is 5.73 Å². The Kier molecular flexibility index (Phi) is 5.78. The maximum atomic E-state index is 12.9. The molecule has 0 aliphatic rings. The molecule has 2 N–H and O–H groups in total. The molecule has 1 amide bonds. The molecule has 29 heavy (non-hydrogen) atoms. The highest BCUT2D eigenvalue weighted by atomic mass is 35.5. The molecule has 154 valence electrons. The number of ether oxygens (including phenoxy) is 1. The number of alkyl halides is 3. The van der Waals surface area contributed by atoms with Crippen LogP contribution in [0.2, 0.25) is 5.02 Å².